The van der Waals surface area contributed by atoms with Gasteiger partial charge in [-0.2, -0.15) is 0 Å². The highest BCUT2D eigenvalue weighted by molar-refractivity contribution is 6.30. The summed E-state index contributed by atoms with van der Waals surface area (Å²) in [6.07, 6.45) is 1.46. The van der Waals surface area contributed by atoms with Crippen LogP contribution in [0.1, 0.15) is 41.6 Å². The van der Waals surface area contributed by atoms with E-state index in [1.165, 1.54) is 11.1 Å². The summed E-state index contributed by atoms with van der Waals surface area (Å²) in [5.74, 6) is 1.30. The second-order valence-corrected chi connectivity index (χ2v) is 9.13. The van der Waals surface area contributed by atoms with Gasteiger partial charge >= 0.3 is 0 Å². The number of aromatic nitrogens is 1. The maximum atomic E-state index is 13.6. The van der Waals surface area contributed by atoms with Crippen molar-refractivity contribution < 1.29 is 18.7 Å². The zero-order valence-electron chi connectivity index (χ0n) is 19.4. The van der Waals surface area contributed by atoms with Gasteiger partial charge in [0, 0.05) is 6.20 Å². The molecule has 1 atom stereocenters. The number of carbonyl (C=O) groups is 1. The molecule has 4 aromatic rings. The van der Waals surface area contributed by atoms with Gasteiger partial charge in [0.05, 0.1) is 35.7 Å². The number of amides is 1. The van der Waals surface area contributed by atoms with Gasteiger partial charge in [-0.05, 0) is 47.9 Å². The van der Waals surface area contributed by atoms with Crippen LogP contribution in [0.25, 0.3) is 11.0 Å². The first-order valence-corrected chi connectivity index (χ1v) is 11.6. The van der Waals surface area contributed by atoms with Crippen molar-refractivity contribution in [2.75, 3.05) is 18.6 Å². The minimum absolute atomic E-state index is 0.00505. The van der Waals surface area contributed by atoms with Crippen LogP contribution in [-0.4, -0.2) is 24.6 Å². The Morgan fingerprint density at radius 3 is 2.60 bits per heavy atom. The monoisotopic (exact) mass is 490 g/mol. The van der Waals surface area contributed by atoms with Gasteiger partial charge in [-0.1, -0.05) is 43.6 Å². The number of hydrogen-bond donors (Lipinski definition) is 0. The maximum Gasteiger partial charge on any atom is 0.296 e. The van der Waals surface area contributed by atoms with Crippen LogP contribution in [0.2, 0.25) is 5.02 Å². The molecule has 5 rings (SSSR count). The number of nitrogens with zero attached hydrogens (tertiary/aromatic N) is 2. The molecule has 2 aromatic carbocycles. The van der Waals surface area contributed by atoms with Crippen molar-refractivity contribution >= 4 is 34.3 Å². The summed E-state index contributed by atoms with van der Waals surface area (Å²) in [7, 11) is 1.55. The Kier molecular flexibility index (Phi) is 5.94. The molecule has 178 valence electrons. The third kappa shape index (κ3) is 4.02. The SMILES string of the molecule is COc1cc(C2c3c(oc4ccccc4c3=O)C(=O)N2c2ccc(Cl)cn2)ccc1OCC(C)C. The molecular weight excluding hydrogens is 468 g/mol. The van der Waals surface area contributed by atoms with Gasteiger partial charge in [0.15, 0.2) is 16.9 Å². The lowest BCUT2D eigenvalue weighted by atomic mass is 9.98. The highest BCUT2D eigenvalue weighted by atomic mass is 35.5. The molecule has 0 saturated carbocycles. The summed E-state index contributed by atoms with van der Waals surface area (Å²) in [5.41, 5.74) is 0.994. The number of pyridine rings is 1. The van der Waals surface area contributed by atoms with E-state index in [-0.39, 0.29) is 16.8 Å². The van der Waals surface area contributed by atoms with Gasteiger partial charge in [0.2, 0.25) is 5.76 Å². The van der Waals surface area contributed by atoms with Gasteiger partial charge in [-0.25, -0.2) is 4.98 Å². The van der Waals surface area contributed by atoms with E-state index in [4.69, 9.17) is 25.5 Å². The second-order valence-electron chi connectivity index (χ2n) is 8.70. The fourth-order valence-corrected chi connectivity index (χ4v) is 4.32. The van der Waals surface area contributed by atoms with Gasteiger partial charge in [0.25, 0.3) is 5.91 Å². The summed E-state index contributed by atoms with van der Waals surface area (Å²) in [6.45, 7) is 4.64. The van der Waals surface area contributed by atoms with Gasteiger partial charge in [-0.15, -0.1) is 0 Å². The minimum Gasteiger partial charge on any atom is -0.493 e. The molecule has 0 aliphatic carbocycles. The quantitative estimate of drug-likeness (QED) is 0.348. The largest absolute Gasteiger partial charge is 0.493 e. The molecule has 0 saturated heterocycles. The van der Waals surface area contributed by atoms with E-state index in [9.17, 15) is 9.59 Å². The van der Waals surface area contributed by atoms with Crippen molar-refractivity contribution in [3.05, 3.63) is 92.9 Å². The third-order valence-electron chi connectivity index (χ3n) is 5.81. The second kappa shape index (κ2) is 9.07. The molecule has 1 aliphatic rings. The molecule has 3 heterocycles. The van der Waals surface area contributed by atoms with E-state index in [0.717, 1.165) is 0 Å². The number of benzene rings is 2. The lowest BCUT2D eigenvalue weighted by molar-refractivity contribution is 0.0970. The molecule has 0 bridgehead atoms. The van der Waals surface area contributed by atoms with E-state index in [0.29, 0.717) is 51.4 Å². The number of carbonyl (C=O) groups excluding carboxylic acids is 1. The Morgan fingerprint density at radius 2 is 1.89 bits per heavy atom. The standard InChI is InChI=1S/C27H23ClN2O5/c1-15(2)14-34-20-10-8-16(12-21(20)33-3)24-23-25(31)18-6-4-5-7-19(18)35-26(23)27(32)30(24)22-11-9-17(28)13-29-22/h4-13,15,24H,14H2,1-3H3. The maximum absolute atomic E-state index is 13.6. The van der Waals surface area contributed by atoms with Crippen LogP contribution in [-0.2, 0) is 0 Å². The average Bonchev–Trinajstić information content (AvgIpc) is 3.15. The summed E-state index contributed by atoms with van der Waals surface area (Å²) < 4.78 is 17.4. The van der Waals surface area contributed by atoms with Crippen LogP contribution in [0.3, 0.4) is 0 Å². The first-order valence-electron chi connectivity index (χ1n) is 11.2. The van der Waals surface area contributed by atoms with Gasteiger partial charge in [-0.3, -0.25) is 14.5 Å². The summed E-state index contributed by atoms with van der Waals surface area (Å²) in [6, 6.07) is 14.8. The molecule has 0 spiro atoms. The Bertz CT molecular complexity index is 1480. The molecule has 8 heteroatoms. The highest BCUT2D eigenvalue weighted by Crippen LogP contribution is 2.42. The lowest BCUT2D eigenvalue weighted by Crippen LogP contribution is -2.30. The van der Waals surface area contributed by atoms with Gasteiger partial charge < -0.3 is 13.9 Å². The topological polar surface area (TPSA) is 81.9 Å². The molecule has 0 radical (unpaired) electrons. The fourth-order valence-electron chi connectivity index (χ4n) is 4.21. The van der Waals surface area contributed by atoms with Crippen LogP contribution in [0.4, 0.5) is 5.82 Å². The Hall–Kier alpha value is -3.84. The van der Waals surface area contributed by atoms with Crippen molar-refractivity contribution in [2.24, 2.45) is 5.92 Å². The molecule has 0 fully saturated rings. The highest BCUT2D eigenvalue weighted by Gasteiger charge is 2.44. The first-order chi connectivity index (χ1) is 16.9. The number of methoxy groups -OCH3 is 1. The Balaban J connectivity index is 1.71. The average molecular weight is 491 g/mol. The molecule has 35 heavy (non-hydrogen) atoms. The van der Waals surface area contributed by atoms with Crippen molar-refractivity contribution in [1.82, 2.24) is 4.98 Å². The number of para-hydroxylation sites is 1. The predicted octanol–water partition coefficient (Wildman–Crippen LogP) is 5.63. The molecule has 1 unspecified atom stereocenters. The van der Waals surface area contributed by atoms with Gasteiger partial charge in [0.1, 0.15) is 11.4 Å². The summed E-state index contributed by atoms with van der Waals surface area (Å²) in [4.78, 5) is 33.1. The molecule has 2 aromatic heterocycles. The summed E-state index contributed by atoms with van der Waals surface area (Å²) in [5, 5.41) is 0.835. The number of ether oxygens (including phenoxy) is 2. The number of rotatable bonds is 6. The van der Waals surface area contributed by atoms with Crippen LogP contribution >= 0.6 is 11.6 Å². The molecular formula is C27H23ClN2O5. The normalized spacial score (nSPS) is 15.1. The number of halogens is 1. The number of fused-ring (bicyclic) bond motifs is 2. The minimum atomic E-state index is -0.778. The lowest BCUT2D eigenvalue weighted by Gasteiger charge is -2.25. The molecule has 1 amide bonds. The van der Waals surface area contributed by atoms with Crippen LogP contribution in [0, 0.1) is 5.92 Å². The predicted molar refractivity (Wildman–Crippen MR) is 134 cm³/mol. The van der Waals surface area contributed by atoms with Crippen molar-refractivity contribution in [3.8, 4) is 11.5 Å². The first kappa shape index (κ1) is 22.9. The Labute approximate surface area is 206 Å². The van der Waals surface area contributed by atoms with E-state index in [2.05, 4.69) is 18.8 Å². The molecule has 1 aliphatic heterocycles. The van der Waals surface area contributed by atoms with Crippen molar-refractivity contribution in [2.45, 2.75) is 19.9 Å². The van der Waals surface area contributed by atoms with E-state index in [1.807, 2.05) is 6.07 Å². The van der Waals surface area contributed by atoms with E-state index >= 15 is 0 Å². The molecule has 7 nitrogen and oxygen atoms in total. The van der Waals surface area contributed by atoms with Crippen LogP contribution in [0.5, 0.6) is 11.5 Å². The zero-order valence-corrected chi connectivity index (χ0v) is 20.2. The number of hydrogen-bond acceptors (Lipinski definition) is 6. The third-order valence-corrected chi connectivity index (χ3v) is 6.04. The Morgan fingerprint density at radius 1 is 1.09 bits per heavy atom. The zero-order chi connectivity index (χ0) is 24.7. The van der Waals surface area contributed by atoms with Crippen molar-refractivity contribution in [1.29, 1.82) is 0 Å². The van der Waals surface area contributed by atoms with Crippen LogP contribution < -0.4 is 19.8 Å². The van der Waals surface area contributed by atoms with Crippen LogP contribution in [0.15, 0.2) is 70.0 Å². The van der Waals surface area contributed by atoms with Crippen molar-refractivity contribution in [3.63, 3.8) is 0 Å². The van der Waals surface area contributed by atoms with E-state index < -0.39 is 11.9 Å². The van der Waals surface area contributed by atoms with E-state index in [1.54, 1.807) is 55.6 Å². The smallest absolute Gasteiger partial charge is 0.296 e. The fraction of sp³-hybridized carbons (Fsp3) is 0.222. The molecule has 0 N–H and O–H groups in total. The summed E-state index contributed by atoms with van der Waals surface area (Å²) >= 11 is 6.04. The number of anilines is 1.